The van der Waals surface area contributed by atoms with Gasteiger partial charge in [-0.25, -0.2) is 9.13 Å². The molecule has 14 N–H and O–H groups in total. The Morgan fingerprint density at radius 1 is 0.745 bits per heavy atom. The van der Waals surface area contributed by atoms with E-state index in [0.717, 1.165) is 43.5 Å². The number of nitrogens with one attached hydrogen (secondary N) is 2. The summed E-state index contributed by atoms with van der Waals surface area (Å²) in [6.07, 6.45) is 24.0. The normalized spacial score (nSPS) is 17.2. The minimum absolute atomic E-state index is 0.0641. The van der Waals surface area contributed by atoms with Crippen molar-refractivity contribution in [1.82, 2.24) is 15.2 Å². The molecule has 0 aromatic carbocycles. The van der Waals surface area contributed by atoms with Crippen LogP contribution >= 0.6 is 0 Å². The van der Waals surface area contributed by atoms with Crippen LogP contribution in [0.1, 0.15) is 121 Å². The standard InChI is InChI=1S/C36H66N12O3/c37-29(33(50)46-31(18-8-20-44-36(41)42)34(51)45-30(32(38)49)17-7-19-43-35(39)40)23-28-24-47(21-9-15-26-11-3-1-4-12-26)25-48(28)22-10-16-27-13-5-2-6-14-27/h24-27,29-31H,1-23,37H2,(H11-,38,39,40,41,42,43,44,45,46,49,50,51)/p+1/t29-,30-,31-/m0/s1. The van der Waals surface area contributed by atoms with Gasteiger partial charge in [-0.3, -0.25) is 24.4 Å². The average molecular weight is 716 g/mol. The van der Waals surface area contributed by atoms with Gasteiger partial charge in [0.05, 0.1) is 19.1 Å². The Morgan fingerprint density at radius 3 is 1.82 bits per heavy atom. The van der Waals surface area contributed by atoms with E-state index in [-0.39, 0.29) is 37.9 Å². The van der Waals surface area contributed by atoms with Crippen molar-refractivity contribution in [2.24, 2.45) is 56.2 Å². The first-order valence-corrected chi connectivity index (χ1v) is 19.4. The predicted octanol–water partition coefficient (Wildman–Crippen LogP) is 0.928. The van der Waals surface area contributed by atoms with Crippen LogP contribution in [-0.4, -0.2) is 65.4 Å². The Bertz CT molecular complexity index is 1260. The van der Waals surface area contributed by atoms with Crippen molar-refractivity contribution in [1.29, 1.82) is 0 Å². The van der Waals surface area contributed by atoms with E-state index in [1.807, 2.05) is 0 Å². The maximum atomic E-state index is 13.6. The number of carbonyl (C=O) groups is 3. The molecule has 2 aliphatic carbocycles. The molecule has 0 aliphatic heterocycles. The second-order valence-corrected chi connectivity index (χ2v) is 14.7. The molecule has 1 heterocycles. The number of hydrogen-bond donors (Lipinski definition) is 8. The largest absolute Gasteiger partial charge is 0.370 e. The smallest absolute Gasteiger partial charge is 0.243 e. The van der Waals surface area contributed by atoms with E-state index in [1.54, 1.807) is 0 Å². The summed E-state index contributed by atoms with van der Waals surface area (Å²) in [4.78, 5) is 47.0. The van der Waals surface area contributed by atoms with Crippen LogP contribution < -0.4 is 49.6 Å². The van der Waals surface area contributed by atoms with Gasteiger partial charge in [-0.1, -0.05) is 64.2 Å². The molecule has 288 valence electrons. The molecule has 15 heteroatoms. The molecule has 3 atom stereocenters. The van der Waals surface area contributed by atoms with E-state index in [0.29, 0.717) is 19.3 Å². The maximum absolute atomic E-state index is 13.6. The molecule has 3 rings (SSSR count). The minimum atomic E-state index is -0.982. The molecule has 2 aliphatic rings. The molecule has 1 aromatic rings. The number of nitrogens with two attached hydrogens (primary N) is 6. The van der Waals surface area contributed by atoms with Gasteiger partial charge in [0, 0.05) is 19.5 Å². The fourth-order valence-corrected chi connectivity index (χ4v) is 7.54. The molecule has 2 fully saturated rings. The summed E-state index contributed by atoms with van der Waals surface area (Å²) in [5.74, 6) is -0.203. The minimum Gasteiger partial charge on any atom is -0.370 e. The number of aryl methyl sites for hydroxylation is 2. The molecular formula is C36H67N12O3+. The summed E-state index contributed by atoms with van der Waals surface area (Å²) < 4.78 is 4.51. The van der Waals surface area contributed by atoms with Crippen molar-refractivity contribution in [2.75, 3.05) is 13.1 Å². The zero-order valence-electron chi connectivity index (χ0n) is 30.8. The highest BCUT2D eigenvalue weighted by atomic mass is 16.2. The molecule has 3 amide bonds. The molecule has 1 aromatic heterocycles. The summed E-state index contributed by atoms with van der Waals surface area (Å²) in [5.41, 5.74) is 34.8. The van der Waals surface area contributed by atoms with Gasteiger partial charge in [0.15, 0.2) is 11.9 Å². The van der Waals surface area contributed by atoms with Crippen molar-refractivity contribution in [3.8, 4) is 0 Å². The first-order valence-electron chi connectivity index (χ1n) is 19.4. The van der Waals surface area contributed by atoms with Crippen molar-refractivity contribution >= 4 is 29.6 Å². The zero-order chi connectivity index (χ0) is 37.0. The average Bonchev–Trinajstić information content (AvgIpc) is 3.48. The Labute approximate surface area is 304 Å². The monoisotopic (exact) mass is 716 g/mol. The highest BCUT2D eigenvalue weighted by Gasteiger charge is 2.29. The number of imidazole rings is 1. The van der Waals surface area contributed by atoms with Crippen LogP contribution in [0.4, 0.5) is 0 Å². The second-order valence-electron chi connectivity index (χ2n) is 14.7. The number of nitrogens with zero attached hydrogens (tertiary/aromatic N) is 4. The molecule has 51 heavy (non-hydrogen) atoms. The second kappa shape index (κ2) is 22.8. The summed E-state index contributed by atoms with van der Waals surface area (Å²) in [5, 5.41) is 5.51. The van der Waals surface area contributed by atoms with Gasteiger partial charge >= 0.3 is 0 Å². The van der Waals surface area contributed by atoms with Crippen LogP contribution in [0.2, 0.25) is 0 Å². The van der Waals surface area contributed by atoms with Crippen molar-refractivity contribution in [3.63, 3.8) is 0 Å². The van der Waals surface area contributed by atoms with Crippen LogP contribution in [0, 0.1) is 11.8 Å². The lowest BCUT2D eigenvalue weighted by atomic mass is 9.86. The molecular weight excluding hydrogens is 648 g/mol. The van der Waals surface area contributed by atoms with E-state index >= 15 is 0 Å². The Kier molecular flexibility index (Phi) is 18.6. The van der Waals surface area contributed by atoms with E-state index in [2.05, 4.69) is 42.3 Å². The van der Waals surface area contributed by atoms with Crippen LogP contribution in [0.25, 0.3) is 0 Å². The van der Waals surface area contributed by atoms with Gasteiger partial charge in [-0.15, -0.1) is 0 Å². The van der Waals surface area contributed by atoms with Gasteiger partial charge in [0.2, 0.25) is 24.0 Å². The van der Waals surface area contributed by atoms with Crippen LogP contribution in [0.5, 0.6) is 0 Å². The van der Waals surface area contributed by atoms with Gasteiger partial charge in [-0.05, 0) is 63.2 Å². The number of aliphatic imine (C=N–C) groups is 2. The molecule has 0 saturated heterocycles. The maximum Gasteiger partial charge on any atom is 0.243 e. The summed E-state index contributed by atoms with van der Waals surface area (Å²) in [6.45, 7) is 2.36. The SMILES string of the molecule is NC(=O)[C@H](CCCN=C(N)N)NC(=O)[C@H](CCCN=C(N)N)NC(=O)[C@@H](N)Cc1c[n+](CCCC2CCCCC2)cn1CCCC1CCCCC1. The number of guanidine groups is 2. The number of carbonyl (C=O) groups excluding carboxylic acids is 3. The van der Waals surface area contributed by atoms with Gasteiger partial charge in [0.1, 0.15) is 24.0 Å². The van der Waals surface area contributed by atoms with Gasteiger partial charge in [0.25, 0.3) is 0 Å². The Morgan fingerprint density at radius 2 is 1.27 bits per heavy atom. The molecule has 2 saturated carbocycles. The summed E-state index contributed by atoms with van der Waals surface area (Å²) in [7, 11) is 0. The van der Waals surface area contributed by atoms with Crippen molar-refractivity contribution in [3.05, 3.63) is 18.2 Å². The van der Waals surface area contributed by atoms with Crippen molar-refractivity contribution < 1.29 is 19.0 Å². The third-order valence-electron chi connectivity index (χ3n) is 10.4. The number of amides is 3. The fourth-order valence-electron chi connectivity index (χ4n) is 7.54. The van der Waals surface area contributed by atoms with Crippen molar-refractivity contribution in [2.45, 2.75) is 153 Å². The Balaban J connectivity index is 1.66. The molecule has 0 spiro atoms. The summed E-state index contributed by atoms with van der Waals surface area (Å²) >= 11 is 0. The third-order valence-corrected chi connectivity index (χ3v) is 10.4. The lowest BCUT2D eigenvalue weighted by molar-refractivity contribution is -0.697. The zero-order valence-corrected chi connectivity index (χ0v) is 30.8. The molecule has 0 radical (unpaired) electrons. The quantitative estimate of drug-likeness (QED) is 0.0349. The van der Waals surface area contributed by atoms with E-state index < -0.39 is 35.8 Å². The molecule has 15 nitrogen and oxygen atoms in total. The fraction of sp³-hybridized carbons (Fsp3) is 0.778. The topological polar surface area (TPSA) is 265 Å². The molecule has 0 bridgehead atoms. The van der Waals surface area contributed by atoms with E-state index in [4.69, 9.17) is 34.4 Å². The van der Waals surface area contributed by atoms with E-state index in [1.165, 1.54) is 77.0 Å². The van der Waals surface area contributed by atoms with E-state index in [9.17, 15) is 14.4 Å². The highest BCUT2D eigenvalue weighted by molar-refractivity contribution is 5.92. The van der Waals surface area contributed by atoms with Crippen LogP contribution in [0.15, 0.2) is 22.5 Å². The highest BCUT2D eigenvalue weighted by Crippen LogP contribution is 2.28. The Hall–Kier alpha value is -3.88. The summed E-state index contributed by atoms with van der Waals surface area (Å²) in [6, 6.07) is -2.85. The first-order chi connectivity index (χ1) is 24.5. The van der Waals surface area contributed by atoms with Gasteiger partial charge in [-0.2, -0.15) is 0 Å². The van der Waals surface area contributed by atoms with Crippen LogP contribution in [0.3, 0.4) is 0 Å². The number of primary amides is 1. The molecule has 0 unspecified atom stereocenters. The predicted molar refractivity (Wildman–Crippen MR) is 201 cm³/mol. The lowest BCUT2D eigenvalue weighted by Gasteiger charge is -2.23. The number of aromatic nitrogens is 2. The first kappa shape index (κ1) is 41.5. The number of hydrogen-bond acceptors (Lipinski definition) is 6. The lowest BCUT2D eigenvalue weighted by Crippen LogP contribution is -2.55. The third kappa shape index (κ3) is 16.3. The van der Waals surface area contributed by atoms with Gasteiger partial charge < -0.3 is 45.0 Å². The van der Waals surface area contributed by atoms with Crippen LogP contribution in [-0.2, 0) is 33.9 Å². The number of rotatable bonds is 23.